The number of nitrogens with one attached hydrogen (secondary N) is 1. The van der Waals surface area contributed by atoms with Gasteiger partial charge < -0.3 is 0 Å². The average molecular weight is 329 g/mol. The topological polar surface area (TPSA) is 54.9 Å². The van der Waals surface area contributed by atoms with E-state index in [2.05, 4.69) is 34.6 Å². The fourth-order valence-electron chi connectivity index (χ4n) is 2.11. The van der Waals surface area contributed by atoms with Crippen LogP contribution in [0.3, 0.4) is 0 Å². The molecule has 2 aromatic heterocycles. The third kappa shape index (κ3) is 3.58. The second-order valence-electron chi connectivity index (χ2n) is 4.95. The van der Waals surface area contributed by atoms with E-state index >= 15 is 0 Å². The maximum absolute atomic E-state index is 12.0. The first-order chi connectivity index (χ1) is 10.7. The molecule has 6 heteroatoms. The number of aromatic nitrogens is 2. The highest BCUT2D eigenvalue weighted by molar-refractivity contribution is 7.15. The summed E-state index contributed by atoms with van der Waals surface area (Å²) in [5, 5.41) is 14.4. The van der Waals surface area contributed by atoms with Crippen molar-refractivity contribution >= 4 is 33.7 Å². The maximum Gasteiger partial charge on any atom is 0.267 e. The number of hydrogen-bond donors (Lipinski definition) is 1. The highest BCUT2D eigenvalue weighted by Gasteiger charge is 2.13. The summed E-state index contributed by atoms with van der Waals surface area (Å²) >= 11 is 2.84. The first-order valence-corrected chi connectivity index (χ1v) is 8.64. The Labute approximate surface area is 136 Å². The summed E-state index contributed by atoms with van der Waals surface area (Å²) < 4.78 is 0. The third-order valence-electron chi connectivity index (χ3n) is 3.28. The summed E-state index contributed by atoms with van der Waals surface area (Å²) in [6.45, 7) is 2.17. The van der Waals surface area contributed by atoms with Crippen LogP contribution in [0.5, 0.6) is 0 Å². The number of hydrogen-bond acceptors (Lipinski definition) is 5. The van der Waals surface area contributed by atoms with Gasteiger partial charge in [0.1, 0.15) is 5.01 Å². The zero-order valence-corrected chi connectivity index (χ0v) is 13.7. The van der Waals surface area contributed by atoms with Crippen LogP contribution in [0.15, 0.2) is 47.8 Å². The molecule has 0 aliphatic rings. The Morgan fingerprint density at radius 2 is 2.00 bits per heavy atom. The normalized spacial score (nSPS) is 12.0. The van der Waals surface area contributed by atoms with E-state index < -0.39 is 0 Å². The lowest BCUT2D eigenvalue weighted by Crippen LogP contribution is -2.09. The molecule has 3 rings (SSSR count). The van der Waals surface area contributed by atoms with Gasteiger partial charge in [0.25, 0.3) is 5.91 Å². The number of thiophene rings is 1. The first-order valence-electron chi connectivity index (χ1n) is 6.94. The van der Waals surface area contributed by atoms with Gasteiger partial charge in [-0.2, -0.15) is 0 Å². The third-order valence-corrected chi connectivity index (χ3v) is 5.01. The molecule has 3 aromatic rings. The van der Waals surface area contributed by atoms with Crippen LogP contribution in [-0.2, 0) is 6.42 Å². The van der Waals surface area contributed by atoms with E-state index in [4.69, 9.17) is 0 Å². The predicted octanol–water partition coefficient (Wildman–Crippen LogP) is 4.20. The Morgan fingerprint density at radius 3 is 2.73 bits per heavy atom. The van der Waals surface area contributed by atoms with Gasteiger partial charge in [0, 0.05) is 6.42 Å². The lowest BCUT2D eigenvalue weighted by Gasteiger charge is -2.08. The Kier molecular flexibility index (Phi) is 4.60. The fraction of sp³-hybridized carbons (Fsp3) is 0.188. The van der Waals surface area contributed by atoms with Gasteiger partial charge in [0.15, 0.2) is 0 Å². The smallest absolute Gasteiger partial charge is 0.267 e. The molecular formula is C16H15N3OS2. The van der Waals surface area contributed by atoms with Crippen LogP contribution in [0.25, 0.3) is 0 Å². The predicted molar refractivity (Wildman–Crippen MR) is 90.7 cm³/mol. The number of nitrogens with zero attached hydrogens (tertiary/aromatic N) is 2. The van der Waals surface area contributed by atoms with E-state index in [1.54, 1.807) is 6.07 Å². The second-order valence-corrected chi connectivity index (χ2v) is 6.96. The summed E-state index contributed by atoms with van der Waals surface area (Å²) in [7, 11) is 0. The molecule has 0 unspecified atom stereocenters. The van der Waals surface area contributed by atoms with Crippen LogP contribution in [0.2, 0.25) is 0 Å². The number of carbonyl (C=O) groups is 1. The van der Waals surface area contributed by atoms with Crippen molar-refractivity contribution in [2.75, 3.05) is 5.32 Å². The maximum atomic E-state index is 12.0. The number of carbonyl (C=O) groups excluding carboxylic acids is 1. The molecule has 4 nitrogen and oxygen atoms in total. The van der Waals surface area contributed by atoms with E-state index in [1.165, 1.54) is 28.2 Å². The summed E-state index contributed by atoms with van der Waals surface area (Å²) in [6.07, 6.45) is 0.816. The van der Waals surface area contributed by atoms with Crippen molar-refractivity contribution in [1.29, 1.82) is 0 Å². The molecule has 1 aromatic carbocycles. The Balaban J connectivity index is 1.63. The molecule has 1 N–H and O–H groups in total. The van der Waals surface area contributed by atoms with Gasteiger partial charge in [-0.1, -0.05) is 54.7 Å². The second kappa shape index (κ2) is 6.81. The van der Waals surface area contributed by atoms with Gasteiger partial charge in [-0.15, -0.1) is 21.5 Å². The monoisotopic (exact) mass is 329 g/mol. The molecule has 0 spiro atoms. The lowest BCUT2D eigenvalue weighted by molar-refractivity contribution is 0.103. The van der Waals surface area contributed by atoms with Crippen LogP contribution in [0.1, 0.15) is 33.1 Å². The molecule has 1 atom stereocenters. The van der Waals surface area contributed by atoms with Crippen LogP contribution < -0.4 is 5.32 Å². The standard InChI is InChI=1S/C16H15N3OS2/c1-11(12-6-3-2-4-7-12)10-14-18-19-16(22-14)17-15(20)13-8-5-9-21-13/h2-9,11H,10H2,1H3,(H,17,19,20)/t11-/m0/s1. The summed E-state index contributed by atoms with van der Waals surface area (Å²) in [5.41, 5.74) is 1.28. The fourth-order valence-corrected chi connectivity index (χ4v) is 3.60. The van der Waals surface area contributed by atoms with Gasteiger partial charge in [0.2, 0.25) is 5.13 Å². The zero-order chi connectivity index (χ0) is 15.4. The molecule has 22 heavy (non-hydrogen) atoms. The molecule has 0 aliphatic heterocycles. The molecular weight excluding hydrogens is 314 g/mol. The van der Waals surface area contributed by atoms with Gasteiger partial charge in [-0.05, 0) is 22.9 Å². The van der Waals surface area contributed by atoms with Crippen LogP contribution in [-0.4, -0.2) is 16.1 Å². The highest BCUT2D eigenvalue weighted by atomic mass is 32.1. The molecule has 2 heterocycles. The minimum Gasteiger partial charge on any atom is -0.296 e. The van der Waals surface area contributed by atoms with Crippen molar-refractivity contribution in [3.63, 3.8) is 0 Å². The molecule has 0 fully saturated rings. The van der Waals surface area contributed by atoms with Crippen LogP contribution in [0, 0.1) is 0 Å². The van der Waals surface area contributed by atoms with Crippen molar-refractivity contribution in [2.24, 2.45) is 0 Å². The lowest BCUT2D eigenvalue weighted by atomic mass is 9.98. The quantitative estimate of drug-likeness (QED) is 0.763. The van der Waals surface area contributed by atoms with Crippen molar-refractivity contribution in [2.45, 2.75) is 19.3 Å². The van der Waals surface area contributed by atoms with E-state index in [0.29, 0.717) is 15.9 Å². The minimum absolute atomic E-state index is 0.131. The van der Waals surface area contributed by atoms with Crippen molar-refractivity contribution in [1.82, 2.24) is 10.2 Å². The van der Waals surface area contributed by atoms with E-state index in [9.17, 15) is 4.79 Å². The van der Waals surface area contributed by atoms with Gasteiger partial charge >= 0.3 is 0 Å². The van der Waals surface area contributed by atoms with E-state index in [-0.39, 0.29) is 5.91 Å². The molecule has 0 radical (unpaired) electrons. The molecule has 0 aliphatic carbocycles. The number of benzene rings is 1. The van der Waals surface area contributed by atoms with Crippen LogP contribution in [0.4, 0.5) is 5.13 Å². The van der Waals surface area contributed by atoms with E-state index in [1.807, 2.05) is 29.6 Å². The van der Waals surface area contributed by atoms with Crippen molar-refractivity contribution in [3.8, 4) is 0 Å². The zero-order valence-electron chi connectivity index (χ0n) is 12.0. The van der Waals surface area contributed by atoms with Crippen molar-refractivity contribution < 1.29 is 4.79 Å². The van der Waals surface area contributed by atoms with Crippen molar-refractivity contribution in [3.05, 3.63) is 63.3 Å². The molecule has 0 saturated carbocycles. The molecule has 1 amide bonds. The average Bonchev–Trinajstić information content (AvgIpc) is 3.20. The molecule has 0 saturated heterocycles. The SMILES string of the molecule is C[C@@H](Cc1nnc(NC(=O)c2cccs2)s1)c1ccccc1. The van der Waals surface area contributed by atoms with Gasteiger partial charge in [-0.25, -0.2) is 0 Å². The minimum atomic E-state index is -0.131. The Morgan fingerprint density at radius 1 is 1.18 bits per heavy atom. The van der Waals surface area contributed by atoms with E-state index in [0.717, 1.165) is 11.4 Å². The van der Waals surface area contributed by atoms with Gasteiger partial charge in [0.05, 0.1) is 4.88 Å². The Bertz CT molecular complexity index is 738. The van der Waals surface area contributed by atoms with Crippen LogP contribution >= 0.6 is 22.7 Å². The van der Waals surface area contributed by atoms with Gasteiger partial charge in [-0.3, -0.25) is 10.1 Å². The molecule has 0 bridgehead atoms. The number of rotatable bonds is 5. The largest absolute Gasteiger partial charge is 0.296 e. The number of amides is 1. The first kappa shape index (κ1) is 14.9. The summed E-state index contributed by atoms with van der Waals surface area (Å²) in [4.78, 5) is 12.6. The number of anilines is 1. The summed E-state index contributed by atoms with van der Waals surface area (Å²) in [5.74, 6) is 0.240. The Hall–Kier alpha value is -2.05. The molecule has 112 valence electrons. The summed E-state index contributed by atoms with van der Waals surface area (Å²) in [6, 6.07) is 14.0. The highest BCUT2D eigenvalue weighted by Crippen LogP contribution is 2.24.